The number of piperidine rings is 1. The Kier molecular flexibility index (Phi) is 7.81. The summed E-state index contributed by atoms with van der Waals surface area (Å²) < 4.78 is 7.95. The highest BCUT2D eigenvalue weighted by molar-refractivity contribution is 5.94. The van der Waals surface area contributed by atoms with Crippen molar-refractivity contribution < 1.29 is 9.53 Å². The molecule has 2 aromatic heterocycles. The number of aromatic nitrogens is 2. The van der Waals surface area contributed by atoms with Crippen LogP contribution in [0.1, 0.15) is 60.3 Å². The molecule has 0 spiro atoms. The van der Waals surface area contributed by atoms with Crippen LogP contribution in [0.5, 0.6) is 5.75 Å². The number of fused-ring (bicyclic) bond motifs is 2. The van der Waals surface area contributed by atoms with E-state index in [0.29, 0.717) is 30.1 Å². The fraction of sp³-hybridized carbons (Fsp3) is 0.500. The first-order valence-electron chi connectivity index (χ1n) is 12.3. The molecule has 4 rings (SSSR count). The highest BCUT2D eigenvalue weighted by atomic mass is 16.5. The van der Waals surface area contributed by atoms with Crippen LogP contribution in [0.15, 0.2) is 54.9 Å². The van der Waals surface area contributed by atoms with Crippen LogP contribution in [0.4, 0.5) is 0 Å². The van der Waals surface area contributed by atoms with Crippen molar-refractivity contribution in [2.24, 2.45) is 5.92 Å². The van der Waals surface area contributed by atoms with Gasteiger partial charge in [0.2, 0.25) is 0 Å². The van der Waals surface area contributed by atoms with Crippen LogP contribution in [-0.4, -0.2) is 46.0 Å². The number of hydrogen-bond donors (Lipinski definition) is 0. The van der Waals surface area contributed by atoms with Crippen molar-refractivity contribution in [3.63, 3.8) is 0 Å². The van der Waals surface area contributed by atoms with Crippen molar-refractivity contribution >= 4 is 5.78 Å². The van der Waals surface area contributed by atoms with Gasteiger partial charge in [-0.3, -0.25) is 14.7 Å². The van der Waals surface area contributed by atoms with E-state index in [-0.39, 0.29) is 5.78 Å². The summed E-state index contributed by atoms with van der Waals surface area (Å²) in [6.45, 7) is 6.35. The highest BCUT2D eigenvalue weighted by Gasteiger charge is 2.40. The standard InChI is InChI=1S/C28H37N3O2/c1-21-9-4-5-11-28(33-3)22(2)30(20-21)15-8-16-31-24-12-13-25(31)18-23(17-24)19-27(32)26-10-6-7-14-29-26/h4-7,9-11,14,20,23-25H,8,12-13,15-19H2,1-3H3. The molecule has 0 amide bonds. The third-order valence-corrected chi connectivity index (χ3v) is 7.31. The van der Waals surface area contributed by atoms with Crippen molar-refractivity contribution in [1.82, 2.24) is 14.5 Å². The Morgan fingerprint density at radius 1 is 1.03 bits per heavy atom. The van der Waals surface area contributed by atoms with Crippen molar-refractivity contribution in [2.45, 2.75) is 71.0 Å². The minimum absolute atomic E-state index is 0.197. The molecule has 2 saturated heterocycles. The molecule has 2 aliphatic heterocycles. The fourth-order valence-corrected chi connectivity index (χ4v) is 5.68. The Hall–Kier alpha value is -2.66. The predicted molar refractivity (Wildman–Crippen MR) is 132 cm³/mol. The number of methoxy groups -OCH3 is 1. The molecule has 2 aliphatic rings. The van der Waals surface area contributed by atoms with Gasteiger partial charge in [0, 0.05) is 44.0 Å². The first kappa shape index (κ1) is 23.5. The lowest BCUT2D eigenvalue weighted by atomic mass is 9.86. The lowest BCUT2D eigenvalue weighted by Crippen LogP contribution is -2.44. The molecule has 0 aromatic carbocycles. The van der Waals surface area contributed by atoms with Crippen molar-refractivity contribution in [2.75, 3.05) is 13.7 Å². The minimum atomic E-state index is 0.197. The summed E-state index contributed by atoms with van der Waals surface area (Å²) in [6, 6.07) is 15.1. The zero-order valence-electron chi connectivity index (χ0n) is 20.2. The van der Waals surface area contributed by atoms with Gasteiger partial charge < -0.3 is 9.30 Å². The number of pyridine rings is 1. The molecule has 176 valence electrons. The van der Waals surface area contributed by atoms with Gasteiger partial charge in [0.1, 0.15) is 11.4 Å². The Balaban J connectivity index is 1.36. The molecule has 0 radical (unpaired) electrons. The van der Waals surface area contributed by atoms with E-state index in [1.165, 1.54) is 18.4 Å². The van der Waals surface area contributed by atoms with Gasteiger partial charge in [-0.2, -0.15) is 0 Å². The Labute approximate surface area is 198 Å². The number of rotatable bonds is 8. The third kappa shape index (κ3) is 5.83. The Morgan fingerprint density at radius 3 is 2.45 bits per heavy atom. The fourth-order valence-electron chi connectivity index (χ4n) is 5.68. The number of Topliss-reactive ketones (excluding diaryl/α,β-unsaturated/α-hetero) is 1. The van der Waals surface area contributed by atoms with Crippen LogP contribution in [0.2, 0.25) is 0 Å². The largest absolute Gasteiger partial charge is 0.495 e. The lowest BCUT2D eigenvalue weighted by Gasteiger charge is -2.39. The van der Waals surface area contributed by atoms with E-state index in [9.17, 15) is 4.79 Å². The van der Waals surface area contributed by atoms with Gasteiger partial charge in [0.25, 0.3) is 0 Å². The maximum absolute atomic E-state index is 12.6. The summed E-state index contributed by atoms with van der Waals surface area (Å²) in [5.74, 6) is 1.59. The van der Waals surface area contributed by atoms with Gasteiger partial charge in [-0.1, -0.05) is 24.3 Å². The molecule has 0 N–H and O–H groups in total. The van der Waals surface area contributed by atoms with E-state index < -0.39 is 0 Å². The van der Waals surface area contributed by atoms with Crippen LogP contribution in [0.25, 0.3) is 0 Å². The highest BCUT2D eigenvalue weighted by Crippen LogP contribution is 2.40. The van der Waals surface area contributed by atoms with E-state index >= 15 is 0 Å². The summed E-state index contributed by atoms with van der Waals surface area (Å²) in [6.07, 6.45) is 10.5. The quantitative estimate of drug-likeness (QED) is 0.499. The average Bonchev–Trinajstić information content (AvgIpc) is 3.08. The van der Waals surface area contributed by atoms with Crippen molar-refractivity contribution in [1.29, 1.82) is 0 Å². The van der Waals surface area contributed by atoms with E-state index in [1.54, 1.807) is 13.3 Å². The molecule has 5 nitrogen and oxygen atoms in total. The molecule has 2 fully saturated rings. The van der Waals surface area contributed by atoms with Crippen LogP contribution in [0.3, 0.4) is 0 Å². The first-order chi connectivity index (χ1) is 16.0. The molecule has 5 heteroatoms. The maximum Gasteiger partial charge on any atom is 0.181 e. The lowest BCUT2D eigenvalue weighted by molar-refractivity contribution is 0.0803. The Morgan fingerprint density at radius 2 is 1.76 bits per heavy atom. The summed E-state index contributed by atoms with van der Waals surface area (Å²) in [5.41, 5.74) is 2.99. The molecule has 0 aliphatic carbocycles. The summed E-state index contributed by atoms with van der Waals surface area (Å²) >= 11 is 0. The summed E-state index contributed by atoms with van der Waals surface area (Å²) in [7, 11) is 1.74. The van der Waals surface area contributed by atoms with Crippen LogP contribution in [-0.2, 0) is 6.54 Å². The normalized spacial score (nSPS) is 22.1. The number of carbonyl (C=O) groups excluding carboxylic acids is 1. The van der Waals surface area contributed by atoms with Gasteiger partial charge in [-0.25, -0.2) is 0 Å². The average molecular weight is 448 g/mol. The van der Waals surface area contributed by atoms with Gasteiger partial charge in [0.15, 0.2) is 5.78 Å². The number of aryl methyl sites for hydroxylation is 2. The van der Waals surface area contributed by atoms with Crippen molar-refractivity contribution in [3.8, 4) is 5.75 Å². The molecule has 4 heterocycles. The molecule has 2 aromatic rings. The minimum Gasteiger partial charge on any atom is -0.495 e. The SMILES string of the molecule is COc1ccccc(C)cn(CCCN2C3CCC2CC(CC(=O)c2ccccn2)C3)c1C. The van der Waals surface area contributed by atoms with Gasteiger partial charge in [-0.15, -0.1) is 0 Å². The van der Waals surface area contributed by atoms with Gasteiger partial charge >= 0.3 is 0 Å². The molecule has 2 bridgehead atoms. The Bertz CT molecular complexity index is 985. The zero-order valence-corrected chi connectivity index (χ0v) is 20.2. The molecule has 0 saturated carbocycles. The van der Waals surface area contributed by atoms with Crippen LogP contribution < -0.4 is 4.74 Å². The second-order valence-corrected chi connectivity index (χ2v) is 9.59. The number of nitrogens with zero attached hydrogens (tertiary/aromatic N) is 3. The van der Waals surface area contributed by atoms with Gasteiger partial charge in [-0.05, 0) is 75.6 Å². The summed E-state index contributed by atoms with van der Waals surface area (Å²) in [5, 5.41) is 0. The smallest absolute Gasteiger partial charge is 0.181 e. The van der Waals surface area contributed by atoms with E-state index in [0.717, 1.165) is 43.8 Å². The molecular weight excluding hydrogens is 410 g/mol. The molecular formula is C28H37N3O2. The number of ketones is 1. The first-order valence-corrected chi connectivity index (χ1v) is 12.3. The zero-order chi connectivity index (χ0) is 23.2. The number of ether oxygens (including phenoxy) is 1. The predicted octanol–water partition coefficient (Wildman–Crippen LogP) is 5.54. The van der Waals surface area contributed by atoms with Gasteiger partial charge in [0.05, 0.1) is 12.8 Å². The van der Waals surface area contributed by atoms with E-state index in [2.05, 4.69) is 46.6 Å². The number of carbonyl (C=O) groups is 1. The molecule has 2 atom stereocenters. The monoisotopic (exact) mass is 447 g/mol. The topological polar surface area (TPSA) is 47.4 Å². The molecule has 2 unspecified atom stereocenters. The third-order valence-electron chi connectivity index (χ3n) is 7.31. The second-order valence-electron chi connectivity index (χ2n) is 9.59. The maximum atomic E-state index is 12.6. The van der Waals surface area contributed by atoms with Crippen LogP contribution >= 0.6 is 0 Å². The number of hydrogen-bond acceptors (Lipinski definition) is 4. The second kappa shape index (κ2) is 11.0. The van der Waals surface area contributed by atoms with E-state index in [1.807, 2.05) is 30.3 Å². The van der Waals surface area contributed by atoms with Crippen molar-refractivity contribution in [3.05, 3.63) is 71.8 Å². The summed E-state index contributed by atoms with van der Waals surface area (Å²) in [4.78, 5) is 19.6. The molecule has 33 heavy (non-hydrogen) atoms. The van der Waals surface area contributed by atoms with E-state index in [4.69, 9.17) is 4.74 Å². The van der Waals surface area contributed by atoms with Crippen LogP contribution in [0, 0.1) is 19.8 Å².